The molecule has 1 aromatic heterocycles. The summed E-state index contributed by atoms with van der Waals surface area (Å²) in [6.45, 7) is 4.25. The van der Waals surface area contributed by atoms with Gasteiger partial charge in [-0.1, -0.05) is 24.3 Å². The van der Waals surface area contributed by atoms with Crippen molar-refractivity contribution in [2.24, 2.45) is 0 Å². The van der Waals surface area contributed by atoms with Crippen molar-refractivity contribution in [1.29, 1.82) is 0 Å². The molecule has 0 atom stereocenters. The Morgan fingerprint density at radius 1 is 1.00 bits per heavy atom. The Balaban J connectivity index is 1.34. The van der Waals surface area contributed by atoms with Gasteiger partial charge in [0.2, 0.25) is 11.9 Å². The van der Waals surface area contributed by atoms with Crippen molar-refractivity contribution in [2.45, 2.75) is 6.42 Å². The number of rotatable bonds is 3. The van der Waals surface area contributed by atoms with Crippen LogP contribution in [0.1, 0.15) is 5.56 Å². The van der Waals surface area contributed by atoms with Gasteiger partial charge in [-0.2, -0.15) is 4.39 Å². The summed E-state index contributed by atoms with van der Waals surface area (Å²) in [5.74, 6) is 0.365. The van der Waals surface area contributed by atoms with Crippen LogP contribution in [0.15, 0.2) is 42.5 Å². The maximum absolute atomic E-state index is 13.3. The number of halogens is 1. The fourth-order valence-electron chi connectivity index (χ4n) is 3.58. The smallest absolute Gasteiger partial charge is 0.241 e. The van der Waals surface area contributed by atoms with Crippen LogP contribution < -0.4 is 9.80 Å². The van der Waals surface area contributed by atoms with Gasteiger partial charge in [0.05, 0.1) is 6.54 Å². The Labute approximate surface area is 146 Å². The average molecular weight is 340 g/mol. The third kappa shape index (κ3) is 3.35. The van der Waals surface area contributed by atoms with Crippen LogP contribution in [0.25, 0.3) is 0 Å². The highest BCUT2D eigenvalue weighted by atomic mass is 19.1. The van der Waals surface area contributed by atoms with Gasteiger partial charge in [-0.25, -0.2) is 4.98 Å². The lowest BCUT2D eigenvalue weighted by molar-refractivity contribution is -0.119. The molecule has 1 amide bonds. The highest BCUT2D eigenvalue weighted by molar-refractivity contribution is 5.96. The second kappa shape index (κ2) is 6.80. The zero-order valence-corrected chi connectivity index (χ0v) is 14.1. The third-order valence-corrected chi connectivity index (χ3v) is 4.94. The molecule has 0 saturated carbocycles. The molecule has 130 valence electrons. The molecular formula is C19H21FN4O. The molecule has 2 aromatic rings. The number of anilines is 2. The number of pyridine rings is 1. The summed E-state index contributed by atoms with van der Waals surface area (Å²) in [7, 11) is 0. The molecule has 0 bridgehead atoms. The monoisotopic (exact) mass is 340 g/mol. The molecule has 2 aliphatic rings. The van der Waals surface area contributed by atoms with Gasteiger partial charge >= 0.3 is 0 Å². The molecule has 1 fully saturated rings. The van der Waals surface area contributed by atoms with Gasteiger partial charge in [-0.05, 0) is 30.2 Å². The predicted octanol–water partition coefficient (Wildman–Crippen LogP) is 1.93. The Morgan fingerprint density at radius 3 is 2.60 bits per heavy atom. The molecule has 1 aromatic carbocycles. The van der Waals surface area contributed by atoms with Crippen molar-refractivity contribution in [2.75, 3.05) is 49.1 Å². The third-order valence-electron chi connectivity index (χ3n) is 4.94. The molecule has 4 rings (SSSR count). The largest absolute Gasteiger partial charge is 0.354 e. The Bertz CT molecular complexity index is 774. The van der Waals surface area contributed by atoms with Gasteiger partial charge in [-0.15, -0.1) is 0 Å². The zero-order chi connectivity index (χ0) is 17.2. The summed E-state index contributed by atoms with van der Waals surface area (Å²) in [5, 5.41) is 0. The summed E-state index contributed by atoms with van der Waals surface area (Å²) >= 11 is 0. The first kappa shape index (κ1) is 16.0. The number of hydrogen-bond donors (Lipinski definition) is 0. The van der Waals surface area contributed by atoms with Crippen molar-refractivity contribution in [3.8, 4) is 0 Å². The number of piperazine rings is 1. The van der Waals surface area contributed by atoms with E-state index < -0.39 is 5.95 Å². The van der Waals surface area contributed by atoms with E-state index in [-0.39, 0.29) is 5.91 Å². The van der Waals surface area contributed by atoms with Crippen molar-refractivity contribution < 1.29 is 9.18 Å². The highest BCUT2D eigenvalue weighted by Crippen LogP contribution is 2.27. The highest BCUT2D eigenvalue weighted by Gasteiger charge is 2.27. The number of benzene rings is 1. The topological polar surface area (TPSA) is 39.7 Å². The number of carbonyl (C=O) groups is 1. The van der Waals surface area contributed by atoms with E-state index in [1.54, 1.807) is 6.07 Å². The maximum atomic E-state index is 13.3. The number of para-hydroxylation sites is 1. The van der Waals surface area contributed by atoms with E-state index >= 15 is 0 Å². The van der Waals surface area contributed by atoms with Crippen LogP contribution in [-0.4, -0.2) is 55.1 Å². The fraction of sp³-hybridized carbons (Fsp3) is 0.368. The van der Waals surface area contributed by atoms with Crippen LogP contribution in [0.5, 0.6) is 0 Å². The molecule has 2 aliphatic heterocycles. The van der Waals surface area contributed by atoms with Crippen molar-refractivity contribution in [3.05, 3.63) is 54.0 Å². The standard InChI is InChI=1S/C19H21FN4O/c20-17-6-3-7-18(21-17)23-12-10-22(11-13-23)14-19(25)24-9-8-15-4-1-2-5-16(15)24/h1-7H,8-14H2. The van der Waals surface area contributed by atoms with Crippen molar-refractivity contribution in [1.82, 2.24) is 9.88 Å². The van der Waals surface area contributed by atoms with E-state index in [2.05, 4.69) is 20.9 Å². The second-order valence-electron chi connectivity index (χ2n) is 6.51. The Hall–Kier alpha value is -2.47. The number of aromatic nitrogens is 1. The van der Waals surface area contributed by atoms with Crippen molar-refractivity contribution in [3.63, 3.8) is 0 Å². The van der Waals surface area contributed by atoms with Gasteiger partial charge in [0.1, 0.15) is 5.82 Å². The van der Waals surface area contributed by atoms with E-state index in [4.69, 9.17) is 0 Å². The number of amides is 1. The number of nitrogens with zero attached hydrogens (tertiary/aromatic N) is 4. The first-order valence-corrected chi connectivity index (χ1v) is 8.69. The first-order chi connectivity index (χ1) is 12.2. The first-order valence-electron chi connectivity index (χ1n) is 8.69. The lowest BCUT2D eigenvalue weighted by Crippen LogP contribution is -2.50. The van der Waals surface area contributed by atoms with Crippen LogP contribution in [0, 0.1) is 5.95 Å². The molecule has 5 nitrogen and oxygen atoms in total. The molecule has 0 unspecified atom stereocenters. The molecule has 3 heterocycles. The van der Waals surface area contributed by atoms with Crippen LogP contribution in [0.4, 0.5) is 15.9 Å². The summed E-state index contributed by atoms with van der Waals surface area (Å²) in [6, 6.07) is 13.0. The predicted molar refractivity (Wildman–Crippen MR) is 95.3 cm³/mol. The summed E-state index contributed by atoms with van der Waals surface area (Å²) in [5.41, 5.74) is 2.30. The zero-order valence-electron chi connectivity index (χ0n) is 14.1. The molecule has 25 heavy (non-hydrogen) atoms. The Morgan fingerprint density at radius 2 is 1.80 bits per heavy atom. The van der Waals surface area contributed by atoms with Gasteiger partial charge < -0.3 is 9.80 Å². The molecule has 6 heteroatoms. The molecular weight excluding hydrogens is 319 g/mol. The number of fused-ring (bicyclic) bond motifs is 1. The average Bonchev–Trinajstić information content (AvgIpc) is 3.06. The van der Waals surface area contributed by atoms with E-state index in [0.29, 0.717) is 12.4 Å². The molecule has 0 spiro atoms. The number of hydrogen-bond acceptors (Lipinski definition) is 4. The summed E-state index contributed by atoms with van der Waals surface area (Å²) in [6.07, 6.45) is 0.931. The van der Waals surface area contributed by atoms with Crippen LogP contribution in [-0.2, 0) is 11.2 Å². The van der Waals surface area contributed by atoms with Gasteiger partial charge in [0, 0.05) is 38.4 Å². The minimum Gasteiger partial charge on any atom is -0.354 e. The fourth-order valence-corrected chi connectivity index (χ4v) is 3.58. The minimum absolute atomic E-state index is 0.155. The molecule has 1 saturated heterocycles. The summed E-state index contributed by atoms with van der Waals surface area (Å²) < 4.78 is 13.3. The lowest BCUT2D eigenvalue weighted by Gasteiger charge is -2.35. The summed E-state index contributed by atoms with van der Waals surface area (Å²) in [4.78, 5) is 22.7. The molecule has 0 aliphatic carbocycles. The minimum atomic E-state index is -0.456. The van der Waals surface area contributed by atoms with Gasteiger partial charge in [0.25, 0.3) is 0 Å². The quantitative estimate of drug-likeness (QED) is 0.801. The molecule has 0 radical (unpaired) electrons. The van der Waals surface area contributed by atoms with E-state index in [9.17, 15) is 9.18 Å². The van der Waals surface area contributed by atoms with Gasteiger partial charge in [-0.3, -0.25) is 9.69 Å². The number of carbonyl (C=O) groups excluding carboxylic acids is 1. The maximum Gasteiger partial charge on any atom is 0.241 e. The van der Waals surface area contributed by atoms with Gasteiger partial charge in [0.15, 0.2) is 0 Å². The van der Waals surface area contributed by atoms with Crippen LogP contribution in [0.3, 0.4) is 0 Å². The SMILES string of the molecule is O=C(CN1CCN(c2cccc(F)n2)CC1)N1CCc2ccccc21. The van der Waals surface area contributed by atoms with E-state index in [0.717, 1.165) is 44.8 Å². The second-order valence-corrected chi connectivity index (χ2v) is 6.51. The van der Waals surface area contributed by atoms with E-state index in [1.165, 1.54) is 11.6 Å². The normalized spacial score (nSPS) is 17.6. The van der Waals surface area contributed by atoms with E-state index in [1.807, 2.05) is 29.2 Å². The lowest BCUT2D eigenvalue weighted by atomic mass is 10.2. The van der Waals surface area contributed by atoms with Crippen LogP contribution in [0.2, 0.25) is 0 Å². The van der Waals surface area contributed by atoms with Crippen LogP contribution >= 0.6 is 0 Å². The Kier molecular flexibility index (Phi) is 4.36. The molecule has 0 N–H and O–H groups in total. The van der Waals surface area contributed by atoms with Crippen molar-refractivity contribution >= 4 is 17.4 Å².